The standard InChI is InChI=1S/C24H26S2.C2H4/c1-23(2)11-13-25-21-9-7-17(15-19(21)23)5-6-18-8-10-22-20(16-18)24(3,4)12-14-26-22;1-2/h7-10,15-16H,11-14H2,1-4H3;1-2H2. The van der Waals surface area contributed by atoms with Crippen LogP contribution in [-0.2, 0) is 10.8 Å². The van der Waals surface area contributed by atoms with E-state index in [1.165, 1.54) is 45.3 Å². The second-order valence-electron chi connectivity index (χ2n) is 8.64. The normalized spacial score (nSPS) is 18.4. The lowest BCUT2D eigenvalue weighted by Crippen LogP contribution is -2.22. The SMILES string of the molecule is C=C.CC1(C)CCSc2ccc(C#Cc3ccc4c(c3)C(C)(C)CCS4)cc21. The van der Waals surface area contributed by atoms with E-state index in [1.54, 1.807) is 0 Å². The smallest absolute Gasteiger partial charge is 0.0252 e. The molecule has 146 valence electrons. The maximum atomic E-state index is 3.42. The topological polar surface area (TPSA) is 0 Å². The van der Waals surface area contributed by atoms with Gasteiger partial charge in [-0.05, 0) is 82.7 Å². The van der Waals surface area contributed by atoms with Crippen molar-refractivity contribution in [2.24, 2.45) is 0 Å². The van der Waals surface area contributed by atoms with Crippen LogP contribution in [0.15, 0.2) is 59.3 Å². The van der Waals surface area contributed by atoms with Crippen molar-refractivity contribution in [2.45, 2.75) is 61.2 Å². The molecule has 0 saturated carbocycles. The average molecular weight is 407 g/mol. The fourth-order valence-electron chi connectivity index (χ4n) is 3.77. The zero-order chi connectivity index (χ0) is 20.4. The summed E-state index contributed by atoms with van der Waals surface area (Å²) in [7, 11) is 0. The van der Waals surface area contributed by atoms with Crippen molar-refractivity contribution in [1.29, 1.82) is 0 Å². The first-order valence-electron chi connectivity index (χ1n) is 9.92. The number of fused-ring (bicyclic) bond motifs is 2. The predicted octanol–water partition coefficient (Wildman–Crippen LogP) is 7.44. The molecule has 0 nitrogen and oxygen atoms in total. The van der Waals surface area contributed by atoms with Crippen molar-refractivity contribution in [3.63, 3.8) is 0 Å². The lowest BCUT2D eigenvalue weighted by Gasteiger charge is -2.32. The number of thioether (sulfide) groups is 2. The van der Waals surface area contributed by atoms with Crippen LogP contribution >= 0.6 is 23.5 Å². The molecule has 0 amide bonds. The van der Waals surface area contributed by atoms with Crippen molar-refractivity contribution in [2.75, 3.05) is 11.5 Å². The van der Waals surface area contributed by atoms with Crippen molar-refractivity contribution >= 4 is 23.5 Å². The minimum absolute atomic E-state index is 0.255. The molecule has 0 bridgehead atoms. The second-order valence-corrected chi connectivity index (χ2v) is 10.9. The maximum Gasteiger partial charge on any atom is 0.0252 e. The maximum absolute atomic E-state index is 3.42. The fourth-order valence-corrected chi connectivity index (χ4v) is 6.75. The average Bonchev–Trinajstić information content (AvgIpc) is 2.68. The molecule has 0 fully saturated rings. The monoisotopic (exact) mass is 406 g/mol. The molecule has 0 unspecified atom stereocenters. The van der Waals surface area contributed by atoms with E-state index in [2.05, 4.69) is 89.1 Å². The summed E-state index contributed by atoms with van der Waals surface area (Å²) in [5, 5.41) is 0. The van der Waals surface area contributed by atoms with Crippen LogP contribution in [0, 0.1) is 11.8 Å². The molecular weight excluding hydrogens is 376 g/mol. The molecule has 28 heavy (non-hydrogen) atoms. The van der Waals surface area contributed by atoms with Crippen molar-refractivity contribution in [1.82, 2.24) is 0 Å². The molecule has 2 aliphatic heterocycles. The Morgan fingerprint density at radius 3 is 1.50 bits per heavy atom. The fraction of sp³-hybridized carbons (Fsp3) is 0.385. The van der Waals surface area contributed by atoms with Crippen LogP contribution in [0.1, 0.15) is 62.8 Å². The van der Waals surface area contributed by atoms with E-state index in [-0.39, 0.29) is 10.8 Å². The number of hydrogen-bond acceptors (Lipinski definition) is 2. The molecular formula is C26H30S2. The Kier molecular flexibility index (Phi) is 6.37. The van der Waals surface area contributed by atoms with Crippen LogP contribution in [0.25, 0.3) is 0 Å². The van der Waals surface area contributed by atoms with Crippen LogP contribution < -0.4 is 0 Å². The summed E-state index contributed by atoms with van der Waals surface area (Å²) in [5.41, 5.74) is 5.69. The van der Waals surface area contributed by atoms with Gasteiger partial charge in [-0.1, -0.05) is 39.5 Å². The van der Waals surface area contributed by atoms with Crippen LogP contribution in [0.4, 0.5) is 0 Å². The third kappa shape index (κ3) is 4.37. The molecule has 2 aromatic carbocycles. The summed E-state index contributed by atoms with van der Waals surface area (Å²) in [6.07, 6.45) is 2.47. The number of hydrogen-bond donors (Lipinski definition) is 0. The minimum Gasteiger partial charge on any atom is -0.126 e. The minimum atomic E-state index is 0.255. The van der Waals surface area contributed by atoms with Gasteiger partial charge in [0, 0.05) is 20.9 Å². The largest absolute Gasteiger partial charge is 0.126 e. The van der Waals surface area contributed by atoms with Gasteiger partial charge in [-0.15, -0.1) is 36.7 Å². The summed E-state index contributed by atoms with van der Waals surface area (Å²) in [6.45, 7) is 15.4. The van der Waals surface area contributed by atoms with Crippen LogP contribution in [0.5, 0.6) is 0 Å². The van der Waals surface area contributed by atoms with E-state index in [1.807, 2.05) is 23.5 Å². The van der Waals surface area contributed by atoms with Gasteiger partial charge in [0.25, 0.3) is 0 Å². The Hall–Kier alpha value is -1.56. The highest BCUT2D eigenvalue weighted by Crippen LogP contribution is 2.42. The molecule has 0 radical (unpaired) electrons. The highest BCUT2D eigenvalue weighted by molar-refractivity contribution is 7.99. The van der Waals surface area contributed by atoms with Gasteiger partial charge < -0.3 is 0 Å². The van der Waals surface area contributed by atoms with Gasteiger partial charge in [-0.25, -0.2) is 0 Å². The van der Waals surface area contributed by atoms with E-state index in [4.69, 9.17) is 0 Å². The van der Waals surface area contributed by atoms with Crippen molar-refractivity contribution in [3.05, 3.63) is 71.8 Å². The Labute approximate surface area is 179 Å². The van der Waals surface area contributed by atoms with Crippen LogP contribution in [0.3, 0.4) is 0 Å². The van der Waals surface area contributed by atoms with E-state index < -0.39 is 0 Å². The third-order valence-electron chi connectivity index (χ3n) is 5.74. The quantitative estimate of drug-likeness (QED) is 0.329. The molecule has 0 N–H and O–H groups in total. The van der Waals surface area contributed by atoms with Gasteiger partial charge in [0.15, 0.2) is 0 Å². The summed E-state index contributed by atoms with van der Waals surface area (Å²) in [6, 6.07) is 13.5. The summed E-state index contributed by atoms with van der Waals surface area (Å²) in [5.74, 6) is 9.27. The van der Waals surface area contributed by atoms with Gasteiger partial charge in [-0.2, -0.15) is 0 Å². The van der Waals surface area contributed by atoms with Gasteiger partial charge >= 0.3 is 0 Å². The molecule has 0 aromatic heterocycles. The van der Waals surface area contributed by atoms with E-state index in [0.29, 0.717) is 0 Å². The molecule has 0 spiro atoms. The number of benzene rings is 2. The molecule has 2 heterocycles. The van der Waals surface area contributed by atoms with E-state index in [0.717, 1.165) is 11.1 Å². The first-order chi connectivity index (χ1) is 13.4. The zero-order valence-electron chi connectivity index (χ0n) is 17.5. The third-order valence-corrected chi connectivity index (χ3v) is 7.89. The number of rotatable bonds is 0. The lowest BCUT2D eigenvalue weighted by molar-refractivity contribution is 0.493. The molecule has 4 rings (SSSR count). The molecule has 0 saturated heterocycles. The van der Waals surface area contributed by atoms with Gasteiger partial charge in [0.05, 0.1) is 0 Å². The van der Waals surface area contributed by atoms with Crippen LogP contribution in [-0.4, -0.2) is 11.5 Å². The highest BCUT2D eigenvalue weighted by Gasteiger charge is 2.28. The summed E-state index contributed by atoms with van der Waals surface area (Å²) >= 11 is 3.96. The van der Waals surface area contributed by atoms with Crippen molar-refractivity contribution < 1.29 is 0 Å². The Morgan fingerprint density at radius 2 is 1.11 bits per heavy atom. The lowest BCUT2D eigenvalue weighted by atomic mass is 9.81. The van der Waals surface area contributed by atoms with Gasteiger partial charge in [0.1, 0.15) is 0 Å². The van der Waals surface area contributed by atoms with E-state index in [9.17, 15) is 0 Å². The second kappa shape index (κ2) is 8.44. The molecule has 2 aromatic rings. The van der Waals surface area contributed by atoms with E-state index >= 15 is 0 Å². The predicted molar refractivity (Wildman–Crippen MR) is 127 cm³/mol. The van der Waals surface area contributed by atoms with Crippen molar-refractivity contribution in [3.8, 4) is 11.8 Å². The molecule has 2 heteroatoms. The highest BCUT2D eigenvalue weighted by atomic mass is 32.2. The van der Waals surface area contributed by atoms with Gasteiger partial charge in [-0.3, -0.25) is 0 Å². The molecule has 2 aliphatic rings. The summed E-state index contributed by atoms with van der Waals surface area (Å²) < 4.78 is 0. The first kappa shape index (κ1) is 21.2. The summed E-state index contributed by atoms with van der Waals surface area (Å²) in [4.78, 5) is 2.86. The van der Waals surface area contributed by atoms with Gasteiger partial charge in [0.2, 0.25) is 0 Å². The molecule has 0 aliphatic carbocycles. The Bertz CT molecular complexity index is 852. The van der Waals surface area contributed by atoms with Crippen LogP contribution in [0.2, 0.25) is 0 Å². The zero-order valence-corrected chi connectivity index (χ0v) is 19.2. The molecule has 0 atom stereocenters. The Balaban J connectivity index is 0.00000109. The first-order valence-corrected chi connectivity index (χ1v) is 11.9. The Morgan fingerprint density at radius 1 is 0.714 bits per heavy atom.